The van der Waals surface area contributed by atoms with E-state index in [0.717, 1.165) is 37.9 Å². The Bertz CT molecular complexity index is 847. The number of carbonyl (C=O) groups is 1. The Labute approximate surface area is 165 Å². The molecule has 0 spiro atoms. The summed E-state index contributed by atoms with van der Waals surface area (Å²) in [6.45, 7) is 2.60. The lowest BCUT2D eigenvalue weighted by atomic mass is 9.91. The van der Waals surface area contributed by atoms with E-state index in [1.807, 2.05) is 4.90 Å². The Kier molecular flexibility index (Phi) is 5.53. The monoisotopic (exact) mass is 410 g/mol. The van der Waals surface area contributed by atoms with Gasteiger partial charge < -0.3 is 14.2 Å². The predicted molar refractivity (Wildman–Crippen MR) is 94.6 cm³/mol. The summed E-state index contributed by atoms with van der Waals surface area (Å²) in [6, 6.07) is 3.39. The number of hydrogen-bond acceptors (Lipinski definition) is 6. The van der Waals surface area contributed by atoms with Crippen molar-refractivity contribution in [1.82, 2.24) is 20.0 Å². The van der Waals surface area contributed by atoms with E-state index in [-0.39, 0.29) is 23.6 Å². The minimum absolute atomic E-state index is 0.0268. The van der Waals surface area contributed by atoms with E-state index >= 15 is 0 Å². The number of rotatable bonds is 3. The van der Waals surface area contributed by atoms with Crippen LogP contribution in [0.4, 0.5) is 13.2 Å². The number of hydrogen-bond donors (Lipinski definition) is 0. The van der Waals surface area contributed by atoms with Crippen LogP contribution in [0, 0.1) is 5.92 Å². The molecule has 0 unspecified atom stereocenters. The molecule has 0 N–H and O–H groups in total. The molecule has 2 aliphatic rings. The molecular weight excluding hydrogens is 389 g/mol. The number of aromatic nitrogens is 3. The molecule has 2 saturated heterocycles. The van der Waals surface area contributed by atoms with Crippen LogP contribution in [0.25, 0.3) is 11.4 Å². The van der Waals surface area contributed by atoms with Crippen molar-refractivity contribution in [2.75, 3.05) is 26.3 Å². The van der Waals surface area contributed by atoms with Crippen LogP contribution in [0.15, 0.2) is 22.9 Å². The molecule has 7 nitrogen and oxygen atoms in total. The van der Waals surface area contributed by atoms with Crippen molar-refractivity contribution >= 4 is 5.91 Å². The van der Waals surface area contributed by atoms with Gasteiger partial charge in [0.15, 0.2) is 0 Å². The molecule has 1 atom stereocenters. The van der Waals surface area contributed by atoms with Crippen molar-refractivity contribution in [3.05, 3.63) is 29.9 Å². The van der Waals surface area contributed by atoms with E-state index in [4.69, 9.17) is 4.74 Å². The summed E-state index contributed by atoms with van der Waals surface area (Å²) in [6.07, 6.45) is 0.0864. The first-order valence-electron chi connectivity index (χ1n) is 9.65. The standard InChI is InChI=1S/C19H21F3N4O3/c20-19(21,22)18-24-16(25-29-18)13-3-4-15(23-10-13)14-2-1-7-26(11-14)17(27)12-5-8-28-9-6-12/h3-4,10,12,14H,1-2,5-9,11H2/t14-/m1/s1. The van der Waals surface area contributed by atoms with Crippen LogP contribution in [0.2, 0.25) is 0 Å². The topological polar surface area (TPSA) is 81.4 Å². The van der Waals surface area contributed by atoms with E-state index < -0.39 is 12.1 Å². The molecule has 0 saturated carbocycles. The molecule has 2 aromatic rings. The summed E-state index contributed by atoms with van der Waals surface area (Å²) in [5.74, 6) is -1.24. The normalized spacial score (nSPS) is 21.3. The SMILES string of the molecule is O=C(C1CCOCC1)N1CCC[C@@H](c2ccc(-c3noc(C(F)(F)F)n3)cn2)C1. The second-order valence-corrected chi connectivity index (χ2v) is 7.40. The Balaban J connectivity index is 1.43. The molecule has 156 valence electrons. The van der Waals surface area contributed by atoms with Crippen LogP contribution < -0.4 is 0 Å². The number of amides is 1. The van der Waals surface area contributed by atoms with Crippen LogP contribution >= 0.6 is 0 Å². The van der Waals surface area contributed by atoms with Crippen molar-refractivity contribution in [3.63, 3.8) is 0 Å². The minimum Gasteiger partial charge on any atom is -0.381 e. The van der Waals surface area contributed by atoms with Gasteiger partial charge in [-0.2, -0.15) is 18.2 Å². The van der Waals surface area contributed by atoms with Crippen LogP contribution in [0.1, 0.15) is 43.2 Å². The Morgan fingerprint density at radius 3 is 2.62 bits per heavy atom. The summed E-state index contributed by atoms with van der Waals surface area (Å²) >= 11 is 0. The number of halogens is 3. The number of ether oxygens (including phenoxy) is 1. The highest BCUT2D eigenvalue weighted by Gasteiger charge is 2.38. The number of alkyl halides is 3. The first kappa shape index (κ1) is 19.8. The van der Waals surface area contributed by atoms with Gasteiger partial charge in [-0.25, -0.2) is 0 Å². The molecule has 10 heteroatoms. The highest BCUT2D eigenvalue weighted by atomic mass is 19.4. The Hall–Kier alpha value is -2.49. The second-order valence-electron chi connectivity index (χ2n) is 7.40. The van der Waals surface area contributed by atoms with Crippen molar-refractivity contribution in [1.29, 1.82) is 0 Å². The molecule has 4 heterocycles. The molecule has 0 radical (unpaired) electrons. The maximum absolute atomic E-state index is 12.8. The van der Waals surface area contributed by atoms with Crippen molar-refractivity contribution in [2.45, 2.75) is 37.8 Å². The van der Waals surface area contributed by atoms with Gasteiger partial charge in [0.1, 0.15) is 0 Å². The summed E-state index contributed by atoms with van der Waals surface area (Å²) in [7, 11) is 0. The molecule has 4 rings (SSSR count). The average molecular weight is 410 g/mol. The fourth-order valence-corrected chi connectivity index (χ4v) is 3.86. The summed E-state index contributed by atoms with van der Waals surface area (Å²) in [4.78, 5) is 22.5. The second kappa shape index (κ2) is 8.10. The first-order chi connectivity index (χ1) is 13.9. The van der Waals surface area contributed by atoms with Gasteiger partial charge in [0.25, 0.3) is 0 Å². The molecule has 1 amide bonds. The fourth-order valence-electron chi connectivity index (χ4n) is 3.86. The smallest absolute Gasteiger partial charge is 0.381 e. The quantitative estimate of drug-likeness (QED) is 0.773. The zero-order valence-electron chi connectivity index (χ0n) is 15.7. The third-order valence-corrected chi connectivity index (χ3v) is 5.43. The lowest BCUT2D eigenvalue weighted by Crippen LogP contribution is -2.43. The lowest BCUT2D eigenvalue weighted by molar-refractivity contribution is -0.159. The zero-order valence-corrected chi connectivity index (χ0v) is 15.7. The zero-order chi connectivity index (χ0) is 20.4. The molecular formula is C19H21F3N4O3. The maximum Gasteiger partial charge on any atom is 0.471 e. The van der Waals surface area contributed by atoms with Crippen LogP contribution in [-0.4, -0.2) is 52.2 Å². The van der Waals surface area contributed by atoms with Gasteiger partial charge >= 0.3 is 12.1 Å². The number of pyridine rings is 1. The van der Waals surface area contributed by atoms with Gasteiger partial charge in [-0.1, -0.05) is 5.16 Å². The van der Waals surface area contributed by atoms with Gasteiger partial charge in [0.05, 0.1) is 0 Å². The molecule has 2 aromatic heterocycles. The summed E-state index contributed by atoms with van der Waals surface area (Å²) in [5, 5.41) is 3.37. The van der Waals surface area contributed by atoms with Gasteiger partial charge in [-0.05, 0) is 37.8 Å². The molecule has 0 aliphatic carbocycles. The lowest BCUT2D eigenvalue weighted by Gasteiger charge is -2.35. The van der Waals surface area contributed by atoms with Gasteiger partial charge in [-0.15, -0.1) is 0 Å². The van der Waals surface area contributed by atoms with E-state index in [1.54, 1.807) is 12.1 Å². The minimum atomic E-state index is -4.68. The first-order valence-corrected chi connectivity index (χ1v) is 9.65. The van der Waals surface area contributed by atoms with Crippen molar-refractivity contribution < 1.29 is 27.2 Å². The Morgan fingerprint density at radius 2 is 1.97 bits per heavy atom. The third kappa shape index (κ3) is 4.42. The number of carbonyl (C=O) groups excluding carboxylic acids is 1. The third-order valence-electron chi connectivity index (χ3n) is 5.43. The van der Waals surface area contributed by atoms with E-state index in [1.165, 1.54) is 6.20 Å². The van der Waals surface area contributed by atoms with E-state index in [0.29, 0.717) is 25.3 Å². The summed E-state index contributed by atoms with van der Waals surface area (Å²) < 4.78 is 47.4. The molecule has 0 bridgehead atoms. The van der Waals surface area contributed by atoms with Crippen LogP contribution in [0.5, 0.6) is 0 Å². The number of likely N-dealkylation sites (tertiary alicyclic amines) is 1. The van der Waals surface area contributed by atoms with E-state index in [9.17, 15) is 18.0 Å². The molecule has 2 aliphatic heterocycles. The molecule has 0 aromatic carbocycles. The van der Waals surface area contributed by atoms with Crippen LogP contribution in [0.3, 0.4) is 0 Å². The maximum atomic E-state index is 12.8. The van der Waals surface area contributed by atoms with E-state index in [2.05, 4.69) is 19.6 Å². The Morgan fingerprint density at radius 1 is 1.17 bits per heavy atom. The highest BCUT2D eigenvalue weighted by Crippen LogP contribution is 2.31. The predicted octanol–water partition coefficient (Wildman–Crippen LogP) is 3.28. The fraction of sp³-hybridized carbons (Fsp3) is 0.579. The van der Waals surface area contributed by atoms with Crippen LogP contribution in [-0.2, 0) is 15.7 Å². The average Bonchev–Trinajstić information content (AvgIpc) is 3.25. The summed E-state index contributed by atoms with van der Waals surface area (Å²) in [5.41, 5.74) is 1.15. The van der Waals surface area contributed by atoms with Gasteiger partial charge in [0.2, 0.25) is 11.7 Å². The number of nitrogens with zero attached hydrogens (tertiary/aromatic N) is 4. The van der Waals surface area contributed by atoms with Gasteiger partial charge in [-0.3, -0.25) is 9.78 Å². The van der Waals surface area contributed by atoms with Crippen molar-refractivity contribution in [3.8, 4) is 11.4 Å². The number of piperidine rings is 1. The van der Waals surface area contributed by atoms with Gasteiger partial charge in [0, 0.05) is 55.6 Å². The molecule has 29 heavy (non-hydrogen) atoms. The highest BCUT2D eigenvalue weighted by molar-refractivity contribution is 5.79. The van der Waals surface area contributed by atoms with Crippen molar-refractivity contribution in [2.24, 2.45) is 5.92 Å². The largest absolute Gasteiger partial charge is 0.471 e. The molecule has 2 fully saturated rings.